The Kier molecular flexibility index (Phi) is 4.61. The zero-order valence-corrected chi connectivity index (χ0v) is 15.3. The zero-order chi connectivity index (χ0) is 19.7. The molecule has 0 bridgehead atoms. The van der Waals surface area contributed by atoms with Gasteiger partial charge in [-0.2, -0.15) is 0 Å². The summed E-state index contributed by atoms with van der Waals surface area (Å²) in [5.41, 5.74) is 2.29. The van der Waals surface area contributed by atoms with Gasteiger partial charge in [-0.1, -0.05) is 61.5 Å². The highest BCUT2D eigenvalue weighted by molar-refractivity contribution is 6.03. The Hall–Kier alpha value is -3.54. The number of hydrogen-bond acceptors (Lipinski definition) is 5. The van der Waals surface area contributed by atoms with Crippen molar-refractivity contribution in [2.45, 2.75) is 19.8 Å². The Morgan fingerprint density at radius 1 is 1.11 bits per heavy atom. The fraction of sp³-hybridized carbons (Fsp3) is 0.182. The van der Waals surface area contributed by atoms with Gasteiger partial charge in [0.1, 0.15) is 0 Å². The van der Waals surface area contributed by atoms with E-state index in [0.29, 0.717) is 10.8 Å². The second kappa shape index (κ2) is 7.23. The number of pyridine rings is 1. The summed E-state index contributed by atoms with van der Waals surface area (Å²) in [5, 5.41) is 2.50. The van der Waals surface area contributed by atoms with E-state index in [1.54, 1.807) is 13.1 Å². The number of carbonyl (C=O) groups excluding carboxylic acids is 3. The van der Waals surface area contributed by atoms with Crippen molar-refractivity contribution in [1.82, 2.24) is 10.0 Å². The Balaban J connectivity index is 1.68. The molecular weight excluding hydrogens is 356 g/mol. The van der Waals surface area contributed by atoms with Gasteiger partial charge < -0.3 is 4.84 Å². The maximum Gasteiger partial charge on any atom is 0.339 e. The van der Waals surface area contributed by atoms with Gasteiger partial charge in [0.15, 0.2) is 0 Å². The number of rotatable bonds is 4. The van der Waals surface area contributed by atoms with E-state index in [1.807, 2.05) is 54.6 Å². The first-order valence-electron chi connectivity index (χ1n) is 9.04. The number of fused-ring (bicyclic) bond motifs is 1. The van der Waals surface area contributed by atoms with Crippen molar-refractivity contribution in [3.63, 3.8) is 0 Å². The topological polar surface area (TPSA) is 76.6 Å². The Morgan fingerprint density at radius 3 is 2.54 bits per heavy atom. The van der Waals surface area contributed by atoms with E-state index in [4.69, 9.17) is 4.84 Å². The van der Waals surface area contributed by atoms with Crippen molar-refractivity contribution in [3.8, 4) is 11.1 Å². The minimum Gasteiger partial charge on any atom is -0.330 e. The molecule has 0 radical (unpaired) electrons. The van der Waals surface area contributed by atoms with E-state index in [9.17, 15) is 14.4 Å². The van der Waals surface area contributed by atoms with Gasteiger partial charge >= 0.3 is 5.97 Å². The number of imide groups is 1. The summed E-state index contributed by atoms with van der Waals surface area (Å²) in [6.07, 6.45) is 1.61. The number of amides is 2. The van der Waals surface area contributed by atoms with Gasteiger partial charge in [-0.25, -0.2) is 4.79 Å². The molecule has 1 fully saturated rings. The van der Waals surface area contributed by atoms with Gasteiger partial charge in [-0.3, -0.25) is 14.6 Å². The molecule has 0 aliphatic carbocycles. The second-order valence-electron chi connectivity index (χ2n) is 6.80. The molecule has 0 N–H and O–H groups in total. The SMILES string of the molecule is CC1CC(=O)N(OC(=O)Cc2ncc3ccccc3c2-c2ccccc2)C1=O. The summed E-state index contributed by atoms with van der Waals surface area (Å²) >= 11 is 0. The molecule has 0 saturated carbocycles. The van der Waals surface area contributed by atoms with Crippen LogP contribution in [-0.2, 0) is 25.6 Å². The van der Waals surface area contributed by atoms with Crippen molar-refractivity contribution >= 4 is 28.6 Å². The smallest absolute Gasteiger partial charge is 0.330 e. The minimum absolute atomic E-state index is 0.0512. The van der Waals surface area contributed by atoms with Crippen LogP contribution in [0.1, 0.15) is 19.0 Å². The number of carbonyl (C=O) groups is 3. The summed E-state index contributed by atoms with van der Waals surface area (Å²) in [6, 6.07) is 17.5. The molecule has 2 heterocycles. The van der Waals surface area contributed by atoms with Crippen LogP contribution >= 0.6 is 0 Å². The minimum atomic E-state index is -0.698. The fourth-order valence-corrected chi connectivity index (χ4v) is 3.39. The predicted octanol–water partition coefficient (Wildman–Crippen LogP) is 3.30. The molecule has 4 rings (SSSR count). The lowest BCUT2D eigenvalue weighted by Gasteiger charge is -2.15. The number of hydroxylamine groups is 2. The lowest BCUT2D eigenvalue weighted by Crippen LogP contribution is -2.33. The number of aromatic nitrogens is 1. The third-order valence-corrected chi connectivity index (χ3v) is 4.77. The third-order valence-electron chi connectivity index (χ3n) is 4.77. The van der Waals surface area contributed by atoms with Crippen LogP contribution in [0.3, 0.4) is 0 Å². The number of hydrogen-bond donors (Lipinski definition) is 0. The summed E-state index contributed by atoms with van der Waals surface area (Å²) in [5.74, 6) is -2.16. The summed E-state index contributed by atoms with van der Waals surface area (Å²) in [4.78, 5) is 45.8. The molecule has 1 aromatic heterocycles. The molecule has 1 aliphatic heterocycles. The molecule has 0 spiro atoms. The van der Waals surface area contributed by atoms with E-state index in [0.717, 1.165) is 21.9 Å². The molecule has 3 aromatic rings. The van der Waals surface area contributed by atoms with Crippen LogP contribution in [-0.4, -0.2) is 27.8 Å². The van der Waals surface area contributed by atoms with Crippen molar-refractivity contribution in [2.24, 2.45) is 5.92 Å². The highest BCUT2D eigenvalue weighted by Crippen LogP contribution is 2.31. The summed E-state index contributed by atoms with van der Waals surface area (Å²) in [6.45, 7) is 1.63. The first-order valence-corrected chi connectivity index (χ1v) is 9.04. The first-order chi connectivity index (χ1) is 13.5. The molecular formula is C22H18N2O4. The van der Waals surface area contributed by atoms with Gasteiger partial charge in [-0.05, 0) is 10.9 Å². The van der Waals surface area contributed by atoms with Gasteiger partial charge in [0.2, 0.25) is 0 Å². The molecule has 1 saturated heterocycles. The van der Waals surface area contributed by atoms with Crippen LogP contribution in [0, 0.1) is 5.92 Å². The molecule has 28 heavy (non-hydrogen) atoms. The first kappa shape index (κ1) is 17.9. The molecule has 1 aliphatic rings. The Bertz CT molecular complexity index is 1080. The van der Waals surface area contributed by atoms with Crippen LogP contribution in [0.25, 0.3) is 21.9 Å². The van der Waals surface area contributed by atoms with Crippen LogP contribution in [0.4, 0.5) is 0 Å². The standard InChI is InChI=1S/C22H18N2O4/c1-14-11-19(25)24(22(14)27)28-20(26)12-18-21(15-7-3-2-4-8-15)17-10-6-5-9-16(17)13-23-18/h2-10,13-14H,11-12H2,1H3. The van der Waals surface area contributed by atoms with E-state index in [-0.39, 0.29) is 12.8 Å². The lowest BCUT2D eigenvalue weighted by molar-refractivity contribution is -0.197. The number of nitrogens with zero attached hydrogens (tertiary/aromatic N) is 2. The van der Waals surface area contributed by atoms with Crippen molar-refractivity contribution in [2.75, 3.05) is 0 Å². The van der Waals surface area contributed by atoms with Gasteiger partial charge in [-0.15, -0.1) is 5.06 Å². The summed E-state index contributed by atoms with van der Waals surface area (Å²) < 4.78 is 0. The largest absolute Gasteiger partial charge is 0.339 e. The normalized spacial score (nSPS) is 16.6. The summed E-state index contributed by atoms with van der Waals surface area (Å²) in [7, 11) is 0. The highest BCUT2D eigenvalue weighted by atomic mass is 16.7. The lowest BCUT2D eigenvalue weighted by atomic mass is 9.96. The number of benzene rings is 2. The molecule has 2 amide bonds. The van der Waals surface area contributed by atoms with E-state index in [2.05, 4.69) is 4.98 Å². The third kappa shape index (κ3) is 3.24. The monoisotopic (exact) mass is 374 g/mol. The molecule has 6 nitrogen and oxygen atoms in total. The maximum absolute atomic E-state index is 12.5. The highest BCUT2D eigenvalue weighted by Gasteiger charge is 2.39. The van der Waals surface area contributed by atoms with Gasteiger partial charge in [0.05, 0.1) is 12.1 Å². The second-order valence-corrected chi connectivity index (χ2v) is 6.80. The van der Waals surface area contributed by atoms with Crippen LogP contribution < -0.4 is 0 Å². The van der Waals surface area contributed by atoms with Crippen LogP contribution in [0.15, 0.2) is 60.8 Å². The Morgan fingerprint density at radius 2 is 1.82 bits per heavy atom. The maximum atomic E-state index is 12.5. The van der Waals surface area contributed by atoms with Gasteiger partial charge in [0, 0.05) is 29.5 Å². The van der Waals surface area contributed by atoms with E-state index >= 15 is 0 Å². The van der Waals surface area contributed by atoms with E-state index < -0.39 is 23.7 Å². The molecule has 1 atom stereocenters. The van der Waals surface area contributed by atoms with Crippen LogP contribution in [0.5, 0.6) is 0 Å². The quantitative estimate of drug-likeness (QED) is 0.655. The Labute approximate surface area is 161 Å². The average Bonchev–Trinajstić information content (AvgIpc) is 2.94. The molecule has 2 aromatic carbocycles. The van der Waals surface area contributed by atoms with Gasteiger partial charge in [0.25, 0.3) is 11.8 Å². The average molecular weight is 374 g/mol. The predicted molar refractivity (Wildman–Crippen MR) is 103 cm³/mol. The zero-order valence-electron chi connectivity index (χ0n) is 15.3. The molecule has 1 unspecified atom stereocenters. The van der Waals surface area contributed by atoms with Crippen molar-refractivity contribution in [3.05, 3.63) is 66.5 Å². The van der Waals surface area contributed by atoms with Crippen molar-refractivity contribution in [1.29, 1.82) is 0 Å². The van der Waals surface area contributed by atoms with E-state index in [1.165, 1.54) is 0 Å². The molecule has 6 heteroatoms. The van der Waals surface area contributed by atoms with Crippen molar-refractivity contribution < 1.29 is 19.2 Å². The molecule has 140 valence electrons. The fourth-order valence-electron chi connectivity index (χ4n) is 3.39. The van der Waals surface area contributed by atoms with Crippen LogP contribution in [0.2, 0.25) is 0 Å².